The molecule has 1 aliphatic rings. The summed E-state index contributed by atoms with van der Waals surface area (Å²) in [5.41, 5.74) is 0.546. The highest BCUT2D eigenvalue weighted by molar-refractivity contribution is 5.96. The van der Waals surface area contributed by atoms with Crippen molar-refractivity contribution in [2.75, 3.05) is 33.8 Å². The zero-order chi connectivity index (χ0) is 13.0. The minimum Gasteiger partial charge on any atom is -0.480 e. The molecule has 2 heterocycles. The van der Waals surface area contributed by atoms with Gasteiger partial charge in [-0.05, 0) is 38.1 Å². The second kappa shape index (κ2) is 5.82. The Morgan fingerprint density at radius 2 is 2.50 bits per heavy atom. The minimum absolute atomic E-state index is 0.0125. The van der Waals surface area contributed by atoms with Gasteiger partial charge in [-0.1, -0.05) is 0 Å². The molecule has 0 saturated carbocycles. The van der Waals surface area contributed by atoms with Crippen LogP contribution in [0.1, 0.15) is 16.8 Å². The summed E-state index contributed by atoms with van der Waals surface area (Å²) < 4.78 is 5.13. The molecular weight excluding hydrogens is 230 g/mol. The number of hydrogen-bond donors (Lipinski definition) is 1. The molecule has 1 N–H and O–H groups in total. The standard InChI is InChI=1S/C13H19N3O2/c1-14-8-10-5-7-16(9-10)13(17)11-4-3-6-15-12(11)18-2/h3-4,6,10,14H,5,7-9H2,1-2H3. The van der Waals surface area contributed by atoms with Gasteiger partial charge in [-0.25, -0.2) is 4.98 Å². The first kappa shape index (κ1) is 12.8. The lowest BCUT2D eigenvalue weighted by Crippen LogP contribution is -2.30. The van der Waals surface area contributed by atoms with E-state index in [4.69, 9.17) is 4.74 Å². The maximum atomic E-state index is 12.4. The predicted molar refractivity (Wildman–Crippen MR) is 68.7 cm³/mol. The number of aromatic nitrogens is 1. The van der Waals surface area contributed by atoms with E-state index in [-0.39, 0.29) is 5.91 Å². The molecule has 1 atom stereocenters. The van der Waals surface area contributed by atoms with Gasteiger partial charge in [0.05, 0.1) is 7.11 Å². The Labute approximate surface area is 107 Å². The van der Waals surface area contributed by atoms with Crippen molar-refractivity contribution in [3.63, 3.8) is 0 Å². The summed E-state index contributed by atoms with van der Waals surface area (Å²) in [6, 6.07) is 3.52. The first-order valence-electron chi connectivity index (χ1n) is 6.19. The van der Waals surface area contributed by atoms with E-state index in [0.717, 1.165) is 26.1 Å². The minimum atomic E-state index is 0.0125. The first-order chi connectivity index (χ1) is 8.76. The Balaban J connectivity index is 2.08. The maximum Gasteiger partial charge on any atom is 0.259 e. The van der Waals surface area contributed by atoms with Crippen molar-refractivity contribution in [2.24, 2.45) is 5.92 Å². The van der Waals surface area contributed by atoms with Crippen LogP contribution in [0.2, 0.25) is 0 Å². The van der Waals surface area contributed by atoms with E-state index < -0.39 is 0 Å². The lowest BCUT2D eigenvalue weighted by molar-refractivity contribution is 0.0783. The number of pyridine rings is 1. The molecular formula is C13H19N3O2. The molecule has 1 aromatic rings. The van der Waals surface area contributed by atoms with E-state index in [2.05, 4.69) is 10.3 Å². The van der Waals surface area contributed by atoms with Gasteiger partial charge >= 0.3 is 0 Å². The van der Waals surface area contributed by atoms with Crippen LogP contribution in [0.4, 0.5) is 0 Å². The Hall–Kier alpha value is -1.62. The van der Waals surface area contributed by atoms with E-state index in [0.29, 0.717) is 17.4 Å². The second-order valence-corrected chi connectivity index (χ2v) is 4.52. The lowest BCUT2D eigenvalue weighted by Gasteiger charge is -2.17. The lowest BCUT2D eigenvalue weighted by atomic mass is 10.1. The Morgan fingerprint density at radius 1 is 1.67 bits per heavy atom. The SMILES string of the molecule is CNCC1CCN(C(=O)c2cccnc2OC)C1. The fraction of sp³-hybridized carbons (Fsp3) is 0.538. The summed E-state index contributed by atoms with van der Waals surface area (Å²) in [5, 5.41) is 3.16. The summed E-state index contributed by atoms with van der Waals surface area (Å²) in [6.45, 7) is 2.56. The monoisotopic (exact) mass is 249 g/mol. The van der Waals surface area contributed by atoms with Crippen LogP contribution in [0.3, 0.4) is 0 Å². The largest absolute Gasteiger partial charge is 0.480 e. The highest BCUT2D eigenvalue weighted by atomic mass is 16.5. The average molecular weight is 249 g/mol. The third kappa shape index (κ3) is 2.61. The third-order valence-electron chi connectivity index (χ3n) is 3.26. The summed E-state index contributed by atoms with van der Waals surface area (Å²) in [7, 11) is 3.47. The zero-order valence-electron chi connectivity index (χ0n) is 10.8. The third-order valence-corrected chi connectivity index (χ3v) is 3.26. The molecule has 1 aromatic heterocycles. The summed E-state index contributed by atoms with van der Waals surface area (Å²) in [5.74, 6) is 0.958. The highest BCUT2D eigenvalue weighted by Crippen LogP contribution is 2.21. The molecule has 2 rings (SSSR count). The molecule has 5 heteroatoms. The fourth-order valence-electron chi connectivity index (χ4n) is 2.36. The Morgan fingerprint density at radius 3 is 3.22 bits per heavy atom. The summed E-state index contributed by atoms with van der Waals surface area (Å²) in [4.78, 5) is 18.3. The number of rotatable bonds is 4. The molecule has 0 radical (unpaired) electrons. The van der Waals surface area contributed by atoms with Gasteiger partial charge in [0.25, 0.3) is 5.91 Å². The molecule has 0 spiro atoms. The van der Waals surface area contributed by atoms with Crippen molar-refractivity contribution in [3.05, 3.63) is 23.9 Å². The topological polar surface area (TPSA) is 54.5 Å². The van der Waals surface area contributed by atoms with Crippen molar-refractivity contribution in [3.8, 4) is 5.88 Å². The smallest absolute Gasteiger partial charge is 0.259 e. The molecule has 1 fully saturated rings. The Bertz CT molecular complexity index is 422. The van der Waals surface area contributed by atoms with Crippen LogP contribution in [-0.4, -0.2) is 49.6 Å². The van der Waals surface area contributed by atoms with Gasteiger partial charge in [-0.2, -0.15) is 0 Å². The number of nitrogens with one attached hydrogen (secondary N) is 1. The highest BCUT2D eigenvalue weighted by Gasteiger charge is 2.28. The number of carbonyl (C=O) groups is 1. The van der Waals surface area contributed by atoms with Gasteiger partial charge < -0.3 is 15.0 Å². The zero-order valence-corrected chi connectivity index (χ0v) is 10.8. The van der Waals surface area contributed by atoms with E-state index in [9.17, 15) is 4.79 Å². The van der Waals surface area contributed by atoms with E-state index >= 15 is 0 Å². The average Bonchev–Trinajstić information content (AvgIpc) is 2.87. The van der Waals surface area contributed by atoms with Crippen LogP contribution in [0.25, 0.3) is 0 Å². The summed E-state index contributed by atoms with van der Waals surface area (Å²) in [6.07, 6.45) is 2.68. The molecule has 1 aliphatic heterocycles. The van der Waals surface area contributed by atoms with Crippen LogP contribution >= 0.6 is 0 Å². The number of amides is 1. The molecule has 0 aliphatic carbocycles. The van der Waals surface area contributed by atoms with Gasteiger partial charge in [0, 0.05) is 19.3 Å². The van der Waals surface area contributed by atoms with Gasteiger partial charge in [-0.3, -0.25) is 4.79 Å². The van der Waals surface area contributed by atoms with Crippen molar-refractivity contribution in [2.45, 2.75) is 6.42 Å². The molecule has 1 saturated heterocycles. The fourth-order valence-corrected chi connectivity index (χ4v) is 2.36. The maximum absolute atomic E-state index is 12.4. The van der Waals surface area contributed by atoms with Crippen molar-refractivity contribution in [1.82, 2.24) is 15.2 Å². The molecule has 0 bridgehead atoms. The number of methoxy groups -OCH3 is 1. The second-order valence-electron chi connectivity index (χ2n) is 4.52. The molecule has 1 unspecified atom stereocenters. The quantitative estimate of drug-likeness (QED) is 0.856. The van der Waals surface area contributed by atoms with Crippen LogP contribution in [-0.2, 0) is 0 Å². The van der Waals surface area contributed by atoms with E-state index in [1.165, 1.54) is 7.11 Å². The normalized spacial score (nSPS) is 19.0. The van der Waals surface area contributed by atoms with Gasteiger partial charge in [0.1, 0.15) is 5.56 Å². The van der Waals surface area contributed by atoms with E-state index in [1.54, 1.807) is 18.3 Å². The molecule has 1 amide bonds. The van der Waals surface area contributed by atoms with Gasteiger partial charge in [0.15, 0.2) is 0 Å². The number of nitrogens with zero attached hydrogens (tertiary/aromatic N) is 2. The molecule has 0 aromatic carbocycles. The number of carbonyl (C=O) groups excluding carboxylic acids is 1. The van der Waals surface area contributed by atoms with Gasteiger partial charge in [0.2, 0.25) is 5.88 Å². The van der Waals surface area contributed by atoms with E-state index in [1.807, 2.05) is 11.9 Å². The number of ether oxygens (including phenoxy) is 1. The molecule has 18 heavy (non-hydrogen) atoms. The molecule has 5 nitrogen and oxygen atoms in total. The first-order valence-corrected chi connectivity index (χ1v) is 6.19. The van der Waals surface area contributed by atoms with Crippen molar-refractivity contribution in [1.29, 1.82) is 0 Å². The van der Waals surface area contributed by atoms with Crippen LogP contribution in [0, 0.1) is 5.92 Å². The van der Waals surface area contributed by atoms with Crippen LogP contribution < -0.4 is 10.1 Å². The van der Waals surface area contributed by atoms with Crippen molar-refractivity contribution < 1.29 is 9.53 Å². The predicted octanol–water partition coefficient (Wildman–Crippen LogP) is 0.772. The molecule has 98 valence electrons. The number of likely N-dealkylation sites (tertiary alicyclic amines) is 1. The van der Waals surface area contributed by atoms with Crippen LogP contribution in [0.15, 0.2) is 18.3 Å². The van der Waals surface area contributed by atoms with Gasteiger partial charge in [-0.15, -0.1) is 0 Å². The summed E-state index contributed by atoms with van der Waals surface area (Å²) >= 11 is 0. The number of hydrogen-bond acceptors (Lipinski definition) is 4. The Kier molecular flexibility index (Phi) is 4.15. The van der Waals surface area contributed by atoms with Crippen molar-refractivity contribution >= 4 is 5.91 Å². The van der Waals surface area contributed by atoms with Crippen LogP contribution in [0.5, 0.6) is 5.88 Å².